The van der Waals surface area contributed by atoms with Crippen molar-refractivity contribution in [1.82, 2.24) is 4.98 Å². The van der Waals surface area contributed by atoms with E-state index in [9.17, 15) is 13.2 Å². The van der Waals surface area contributed by atoms with Crippen molar-refractivity contribution in [1.29, 1.82) is 0 Å². The van der Waals surface area contributed by atoms with Crippen LogP contribution in [-0.2, 0) is 14.6 Å². The Bertz CT molecular complexity index is 1280. The molecule has 0 aliphatic rings. The number of amides is 1. The van der Waals surface area contributed by atoms with Gasteiger partial charge in [-0.25, -0.2) is 13.4 Å². The van der Waals surface area contributed by atoms with Gasteiger partial charge >= 0.3 is 0 Å². The van der Waals surface area contributed by atoms with Crippen LogP contribution in [0, 0.1) is 0 Å². The zero-order valence-electron chi connectivity index (χ0n) is 13.8. The van der Waals surface area contributed by atoms with Crippen LogP contribution in [0.1, 0.15) is 0 Å². The average Bonchev–Trinajstić information content (AvgIpc) is 3.01. The van der Waals surface area contributed by atoms with Gasteiger partial charge in [0, 0.05) is 4.47 Å². The molecule has 4 rings (SSSR count). The number of carbonyl (C=O) groups excluding carboxylic acids is 1. The zero-order valence-corrected chi connectivity index (χ0v) is 17.1. The van der Waals surface area contributed by atoms with Crippen LogP contribution < -0.4 is 5.32 Å². The molecule has 3 aromatic carbocycles. The van der Waals surface area contributed by atoms with E-state index < -0.39 is 21.5 Å². The van der Waals surface area contributed by atoms with E-state index >= 15 is 0 Å². The number of aromatic nitrogens is 1. The summed E-state index contributed by atoms with van der Waals surface area (Å²) in [5, 5.41) is 4.73. The molecule has 27 heavy (non-hydrogen) atoms. The fraction of sp³-hybridized carbons (Fsp3) is 0.0526. The fourth-order valence-corrected chi connectivity index (χ4v) is 5.32. The number of sulfone groups is 1. The Morgan fingerprint density at radius 3 is 2.63 bits per heavy atom. The first kappa shape index (κ1) is 18.1. The summed E-state index contributed by atoms with van der Waals surface area (Å²) in [5.74, 6) is -1.24. The second kappa shape index (κ2) is 7.03. The number of rotatable bonds is 4. The van der Waals surface area contributed by atoms with Crippen molar-refractivity contribution >= 4 is 69.1 Å². The van der Waals surface area contributed by atoms with Crippen LogP contribution in [0.2, 0.25) is 0 Å². The van der Waals surface area contributed by atoms with Gasteiger partial charge in [-0.3, -0.25) is 4.79 Å². The highest BCUT2D eigenvalue weighted by molar-refractivity contribution is 9.10. The molecule has 0 saturated heterocycles. The van der Waals surface area contributed by atoms with E-state index in [1.165, 1.54) is 17.4 Å². The van der Waals surface area contributed by atoms with Crippen molar-refractivity contribution in [2.75, 3.05) is 11.1 Å². The summed E-state index contributed by atoms with van der Waals surface area (Å²) in [5.41, 5.74) is 0.746. The van der Waals surface area contributed by atoms with Gasteiger partial charge in [0.25, 0.3) is 0 Å². The van der Waals surface area contributed by atoms with E-state index in [0.717, 1.165) is 25.5 Å². The second-order valence-corrected chi connectivity index (χ2v) is 9.88. The van der Waals surface area contributed by atoms with Gasteiger partial charge in [0.1, 0.15) is 5.75 Å². The zero-order chi connectivity index (χ0) is 19.0. The lowest BCUT2D eigenvalue weighted by Crippen LogP contribution is -2.22. The highest BCUT2D eigenvalue weighted by atomic mass is 79.9. The minimum absolute atomic E-state index is 0.129. The third kappa shape index (κ3) is 3.87. The Kier molecular flexibility index (Phi) is 4.71. The minimum Gasteiger partial charge on any atom is -0.301 e. The lowest BCUT2D eigenvalue weighted by molar-refractivity contribution is -0.113. The van der Waals surface area contributed by atoms with Crippen LogP contribution in [0.5, 0.6) is 0 Å². The molecule has 0 fully saturated rings. The molecule has 8 heteroatoms. The van der Waals surface area contributed by atoms with Crippen molar-refractivity contribution in [3.05, 3.63) is 65.1 Å². The van der Waals surface area contributed by atoms with Crippen molar-refractivity contribution < 1.29 is 13.2 Å². The summed E-state index contributed by atoms with van der Waals surface area (Å²) in [6.45, 7) is 0. The maximum absolute atomic E-state index is 12.6. The maximum atomic E-state index is 12.6. The standard InChI is InChI=1S/C19H13BrN2O3S2/c20-14-6-8-16-17(10-14)26-19(21-16)22-18(23)11-27(24,25)15-7-5-12-3-1-2-4-13(12)9-15/h1-10H,11H2,(H,21,22,23). The molecular weight excluding hydrogens is 448 g/mol. The average molecular weight is 461 g/mol. The van der Waals surface area contributed by atoms with Gasteiger partial charge in [-0.2, -0.15) is 0 Å². The van der Waals surface area contributed by atoms with Gasteiger partial charge in [-0.1, -0.05) is 57.6 Å². The van der Waals surface area contributed by atoms with Crippen molar-refractivity contribution in [2.45, 2.75) is 4.90 Å². The Morgan fingerprint density at radius 1 is 1.04 bits per heavy atom. The molecule has 1 aromatic heterocycles. The van der Waals surface area contributed by atoms with Crippen LogP contribution in [-0.4, -0.2) is 25.1 Å². The SMILES string of the molecule is O=C(CS(=O)(=O)c1ccc2ccccc2c1)Nc1nc2ccc(Br)cc2s1. The van der Waals surface area contributed by atoms with Crippen molar-refractivity contribution in [3.8, 4) is 0 Å². The van der Waals surface area contributed by atoms with Crippen LogP contribution in [0.25, 0.3) is 21.0 Å². The van der Waals surface area contributed by atoms with Crippen LogP contribution in [0.4, 0.5) is 5.13 Å². The fourth-order valence-electron chi connectivity index (χ4n) is 2.72. The third-order valence-corrected chi connectivity index (χ3v) is 7.04. The lowest BCUT2D eigenvalue weighted by Gasteiger charge is -2.06. The second-order valence-electron chi connectivity index (χ2n) is 5.95. The highest BCUT2D eigenvalue weighted by Gasteiger charge is 2.20. The van der Waals surface area contributed by atoms with Crippen molar-refractivity contribution in [2.24, 2.45) is 0 Å². The van der Waals surface area contributed by atoms with Gasteiger partial charge in [-0.15, -0.1) is 0 Å². The number of hydrogen-bond donors (Lipinski definition) is 1. The van der Waals surface area contributed by atoms with E-state index in [-0.39, 0.29) is 4.90 Å². The molecule has 1 N–H and O–H groups in total. The summed E-state index contributed by atoms with van der Waals surface area (Å²) in [7, 11) is -3.75. The Hall–Kier alpha value is -2.29. The normalized spacial score (nSPS) is 11.7. The number of hydrogen-bond acceptors (Lipinski definition) is 5. The number of halogens is 1. The number of nitrogens with zero attached hydrogens (tertiary/aromatic N) is 1. The molecule has 0 aliphatic carbocycles. The number of benzene rings is 3. The molecule has 0 radical (unpaired) electrons. The van der Waals surface area contributed by atoms with Crippen LogP contribution >= 0.6 is 27.3 Å². The molecule has 0 saturated carbocycles. The first-order valence-corrected chi connectivity index (χ1v) is 11.2. The van der Waals surface area contributed by atoms with Crippen LogP contribution in [0.3, 0.4) is 0 Å². The monoisotopic (exact) mass is 460 g/mol. The summed E-state index contributed by atoms with van der Waals surface area (Å²) < 4.78 is 27.0. The predicted octanol–water partition coefficient (Wildman–Crippen LogP) is 4.62. The van der Waals surface area contributed by atoms with Gasteiger partial charge < -0.3 is 5.32 Å². The largest absolute Gasteiger partial charge is 0.301 e. The first-order chi connectivity index (χ1) is 12.9. The molecule has 0 spiro atoms. The molecule has 1 heterocycles. The van der Waals surface area contributed by atoms with Gasteiger partial charge in [-0.05, 0) is 41.1 Å². The maximum Gasteiger partial charge on any atom is 0.241 e. The molecule has 0 bridgehead atoms. The number of anilines is 1. The van der Waals surface area contributed by atoms with E-state index in [1.54, 1.807) is 12.1 Å². The summed E-state index contributed by atoms with van der Waals surface area (Å²) in [4.78, 5) is 16.7. The Morgan fingerprint density at radius 2 is 1.81 bits per heavy atom. The van der Waals surface area contributed by atoms with E-state index in [4.69, 9.17) is 0 Å². The highest BCUT2D eigenvalue weighted by Crippen LogP contribution is 2.28. The molecule has 136 valence electrons. The first-order valence-electron chi connectivity index (χ1n) is 7.98. The van der Waals surface area contributed by atoms with Gasteiger partial charge in [0.2, 0.25) is 5.91 Å². The predicted molar refractivity (Wildman–Crippen MR) is 112 cm³/mol. The van der Waals surface area contributed by atoms with Gasteiger partial charge in [0.05, 0.1) is 15.1 Å². The number of thiazole rings is 1. The summed E-state index contributed by atoms with van der Waals surface area (Å²) in [6, 6.07) is 17.9. The van der Waals surface area contributed by atoms with Crippen LogP contribution in [0.15, 0.2) is 70.0 Å². The Labute approximate surface area is 168 Å². The topological polar surface area (TPSA) is 76.1 Å². The van der Waals surface area contributed by atoms with Crippen molar-refractivity contribution in [3.63, 3.8) is 0 Å². The molecular formula is C19H13BrN2O3S2. The van der Waals surface area contributed by atoms with E-state index in [1.807, 2.05) is 42.5 Å². The lowest BCUT2D eigenvalue weighted by atomic mass is 10.1. The molecule has 1 amide bonds. The molecule has 0 unspecified atom stereocenters. The smallest absolute Gasteiger partial charge is 0.241 e. The number of fused-ring (bicyclic) bond motifs is 2. The van der Waals surface area contributed by atoms with E-state index in [2.05, 4.69) is 26.2 Å². The molecule has 0 atom stereocenters. The molecule has 4 aromatic rings. The van der Waals surface area contributed by atoms with Gasteiger partial charge in [0.15, 0.2) is 15.0 Å². The quantitative estimate of drug-likeness (QED) is 0.481. The molecule has 0 aliphatic heterocycles. The molecule has 5 nitrogen and oxygen atoms in total. The Balaban J connectivity index is 1.54. The number of carbonyl (C=O) groups is 1. The van der Waals surface area contributed by atoms with E-state index in [0.29, 0.717) is 5.13 Å². The summed E-state index contributed by atoms with van der Waals surface area (Å²) >= 11 is 4.68. The third-order valence-electron chi connectivity index (χ3n) is 4.00. The minimum atomic E-state index is -3.75. The summed E-state index contributed by atoms with van der Waals surface area (Å²) in [6.07, 6.45) is 0. The number of nitrogens with one attached hydrogen (secondary N) is 1.